The molecule has 0 saturated heterocycles. The Morgan fingerprint density at radius 2 is 1.07 bits per heavy atom. The van der Waals surface area contributed by atoms with E-state index in [0.29, 0.717) is 70.2 Å². The molecule has 59 heavy (non-hydrogen) atoms. The average molecular weight is 805 g/mol. The van der Waals surface area contributed by atoms with Crippen molar-refractivity contribution in [3.63, 3.8) is 0 Å². The van der Waals surface area contributed by atoms with E-state index in [0.717, 1.165) is 0 Å². The normalized spacial score (nSPS) is 19.3. The first kappa shape index (κ1) is 43.3. The summed E-state index contributed by atoms with van der Waals surface area (Å²) >= 11 is 0. The largest absolute Gasteiger partial charge is 0.488 e. The predicted octanol–water partition coefficient (Wildman–Crippen LogP) is 5.87. The highest BCUT2D eigenvalue weighted by atomic mass is 16.6. The molecule has 0 aliphatic heterocycles. The molecule has 0 radical (unpaired) electrons. The van der Waals surface area contributed by atoms with Crippen LogP contribution in [-0.4, -0.2) is 58.2 Å². The third kappa shape index (κ3) is 7.70. The minimum atomic E-state index is -2.15. The van der Waals surface area contributed by atoms with Gasteiger partial charge in [0.15, 0.2) is 23.0 Å². The Labute approximate surface area is 344 Å². The van der Waals surface area contributed by atoms with E-state index >= 15 is 0 Å². The number of hydrogen-bond acceptors (Lipinski definition) is 12. The number of allylic oxidation sites excluding steroid dienone is 6. The van der Waals surface area contributed by atoms with Gasteiger partial charge < -0.3 is 39.0 Å². The van der Waals surface area contributed by atoms with Crippen molar-refractivity contribution in [2.24, 2.45) is 29.1 Å². The minimum Gasteiger partial charge on any atom is -0.425 e. The third-order valence-corrected chi connectivity index (χ3v) is 11.9. The lowest BCUT2D eigenvalue weighted by Gasteiger charge is -2.45. The molecule has 0 aromatic heterocycles. The quantitative estimate of drug-likeness (QED) is 0.101. The summed E-state index contributed by atoms with van der Waals surface area (Å²) < 4.78 is 24.4. The summed E-state index contributed by atoms with van der Waals surface area (Å²) in [4.78, 5) is 54.3. The monoisotopic (exact) mass is 804 g/mol. The smallest absolute Gasteiger partial charge is 0.425 e. The number of benzene rings is 2. The third-order valence-electron chi connectivity index (χ3n) is 11.9. The topological polar surface area (TPSA) is 186 Å². The number of ether oxygens (including phenoxy) is 4. The lowest BCUT2D eigenvalue weighted by molar-refractivity contribution is -0.148. The highest BCUT2D eigenvalue weighted by Gasteiger charge is 2.59. The second-order valence-electron chi connectivity index (χ2n) is 15.7. The van der Waals surface area contributed by atoms with Crippen LogP contribution in [-0.2, 0) is 28.7 Å². The SMILES string of the molecule is CCC(C)C(=O)OC1=C(OC(=O)C(C)CC)C2(C(B(O)O)=CC=C3C2=Cc2cc(B(O)O)ccc23)C2=Cc3cc(OC(=O)C(C)CC)c(OC(=O)C(C)CC)cc3C2=C1. The molecule has 0 amide bonds. The minimum absolute atomic E-state index is 0.0135. The summed E-state index contributed by atoms with van der Waals surface area (Å²) in [6, 6.07) is 8.00. The molecule has 0 heterocycles. The zero-order chi connectivity index (χ0) is 43.1. The Hall–Kier alpha value is -5.27. The highest BCUT2D eigenvalue weighted by Crippen LogP contribution is 2.66. The molecule has 0 saturated carbocycles. The maximum atomic E-state index is 14.0. The van der Waals surface area contributed by atoms with Gasteiger partial charge in [-0.05, 0) is 112 Å². The van der Waals surface area contributed by atoms with Gasteiger partial charge in [0.05, 0.1) is 23.7 Å². The fourth-order valence-corrected chi connectivity index (χ4v) is 7.40. The molecule has 5 unspecified atom stereocenters. The summed E-state index contributed by atoms with van der Waals surface area (Å²) in [6.45, 7) is 14.2. The van der Waals surface area contributed by atoms with Crippen molar-refractivity contribution in [3.8, 4) is 11.5 Å². The van der Waals surface area contributed by atoms with Crippen LogP contribution in [0.15, 0.2) is 76.7 Å². The van der Waals surface area contributed by atoms with Gasteiger partial charge in [-0.25, -0.2) is 0 Å². The van der Waals surface area contributed by atoms with E-state index < -0.39 is 67.2 Å². The van der Waals surface area contributed by atoms with E-state index in [-0.39, 0.29) is 34.0 Å². The fourth-order valence-electron chi connectivity index (χ4n) is 7.40. The van der Waals surface area contributed by atoms with Gasteiger partial charge in [0, 0.05) is 0 Å². The Kier molecular flexibility index (Phi) is 12.6. The summed E-state index contributed by atoms with van der Waals surface area (Å²) in [7, 11) is -3.93. The van der Waals surface area contributed by atoms with Crippen LogP contribution in [0.25, 0.3) is 23.3 Å². The number of fused-ring (bicyclic) bond motifs is 8. The van der Waals surface area contributed by atoms with Gasteiger partial charge in [0.2, 0.25) is 0 Å². The van der Waals surface area contributed by atoms with Gasteiger partial charge >= 0.3 is 38.1 Å². The molecule has 4 aliphatic carbocycles. The molecular weight excluding hydrogens is 754 g/mol. The van der Waals surface area contributed by atoms with Gasteiger partial charge in [-0.15, -0.1) is 0 Å². The van der Waals surface area contributed by atoms with Crippen molar-refractivity contribution in [1.82, 2.24) is 0 Å². The Bertz CT molecular complexity index is 2290. The first-order chi connectivity index (χ1) is 28.0. The van der Waals surface area contributed by atoms with Crippen molar-refractivity contribution in [3.05, 3.63) is 99.0 Å². The lowest BCUT2D eigenvalue weighted by atomic mass is 9.51. The molecule has 4 aliphatic rings. The van der Waals surface area contributed by atoms with Crippen LogP contribution >= 0.6 is 0 Å². The van der Waals surface area contributed by atoms with Gasteiger partial charge in [-0.2, -0.15) is 0 Å². The molecule has 14 heteroatoms. The summed E-state index contributed by atoms with van der Waals surface area (Å²) in [5.41, 5.74) is 2.29. The zero-order valence-electron chi connectivity index (χ0n) is 34.6. The van der Waals surface area contributed by atoms with Gasteiger partial charge in [-0.1, -0.05) is 85.7 Å². The van der Waals surface area contributed by atoms with Crippen molar-refractivity contribution < 1.29 is 58.2 Å². The second kappa shape index (κ2) is 17.1. The van der Waals surface area contributed by atoms with E-state index in [2.05, 4.69) is 0 Å². The molecule has 4 N–H and O–H groups in total. The number of carbonyl (C=O) groups excluding carboxylic acids is 4. The zero-order valence-corrected chi connectivity index (χ0v) is 34.6. The molecule has 1 spiro atoms. The van der Waals surface area contributed by atoms with E-state index in [1.54, 1.807) is 82.3 Å². The van der Waals surface area contributed by atoms with Crippen molar-refractivity contribution in [2.75, 3.05) is 0 Å². The number of hydrogen-bond donors (Lipinski definition) is 4. The van der Waals surface area contributed by atoms with Gasteiger partial charge in [-0.3, -0.25) is 19.2 Å². The fraction of sp³-hybridized carbons (Fsp3) is 0.378. The van der Waals surface area contributed by atoms with Crippen LogP contribution in [0.5, 0.6) is 11.5 Å². The highest BCUT2D eigenvalue weighted by molar-refractivity contribution is 6.58. The van der Waals surface area contributed by atoms with Crippen molar-refractivity contribution >= 4 is 66.9 Å². The lowest BCUT2D eigenvalue weighted by Crippen LogP contribution is -2.43. The van der Waals surface area contributed by atoms with Crippen LogP contribution in [0, 0.1) is 29.1 Å². The predicted molar refractivity (Wildman–Crippen MR) is 224 cm³/mol. The Morgan fingerprint density at radius 1 is 0.576 bits per heavy atom. The van der Waals surface area contributed by atoms with Crippen molar-refractivity contribution in [1.29, 1.82) is 0 Å². The molecule has 0 bridgehead atoms. The van der Waals surface area contributed by atoms with Crippen molar-refractivity contribution in [2.45, 2.75) is 81.1 Å². The Balaban J connectivity index is 1.70. The molecular formula is C45H50B2O12. The van der Waals surface area contributed by atoms with Gasteiger partial charge in [0.1, 0.15) is 5.41 Å². The van der Waals surface area contributed by atoms with Crippen LogP contribution < -0.4 is 14.9 Å². The second-order valence-corrected chi connectivity index (χ2v) is 15.7. The molecule has 5 atom stereocenters. The van der Waals surface area contributed by atoms with Crippen LogP contribution in [0.2, 0.25) is 0 Å². The van der Waals surface area contributed by atoms with E-state index in [1.165, 1.54) is 6.08 Å². The maximum Gasteiger partial charge on any atom is 0.488 e. The standard InChI is InChI=1S/C45H50B2O12/c1-9-23(5)41(48)56-36-20-28-19-35-33(32(28)21-37(36)57-42(49)24(6)10-2)22-38(58-43(50)25(7)11-3)40(59-44(51)26(8)12-4)45(35)34-18-27-17-29(46(52)53)13-14-30(27)31(34)15-16-39(45)47(54)55/h13-26,52-55H,9-12H2,1-8H3. The maximum absolute atomic E-state index is 14.0. The molecule has 2 aromatic carbocycles. The van der Waals surface area contributed by atoms with E-state index in [9.17, 15) is 39.3 Å². The Morgan fingerprint density at radius 3 is 1.59 bits per heavy atom. The number of rotatable bonds is 14. The van der Waals surface area contributed by atoms with E-state index in [1.807, 2.05) is 27.7 Å². The molecule has 6 rings (SSSR count). The van der Waals surface area contributed by atoms with Crippen LogP contribution in [0.4, 0.5) is 0 Å². The molecule has 12 nitrogen and oxygen atoms in total. The van der Waals surface area contributed by atoms with Crippen LogP contribution in [0.3, 0.4) is 0 Å². The summed E-state index contributed by atoms with van der Waals surface area (Å²) in [6.07, 6.45) is 10.1. The summed E-state index contributed by atoms with van der Waals surface area (Å²) in [5, 5.41) is 42.9. The molecule has 2 aromatic rings. The van der Waals surface area contributed by atoms with Crippen LogP contribution in [0.1, 0.15) is 103 Å². The first-order valence-corrected chi connectivity index (χ1v) is 20.3. The number of carbonyl (C=O) groups is 4. The average Bonchev–Trinajstić information content (AvgIpc) is 3.78. The first-order valence-electron chi connectivity index (χ1n) is 20.3. The number of esters is 4. The molecule has 308 valence electrons. The summed E-state index contributed by atoms with van der Waals surface area (Å²) in [5.74, 6) is -4.91. The van der Waals surface area contributed by atoms with E-state index in [4.69, 9.17) is 18.9 Å². The van der Waals surface area contributed by atoms with Gasteiger partial charge in [0.25, 0.3) is 0 Å². The molecule has 0 fully saturated rings.